The molecule has 0 radical (unpaired) electrons. The number of benzene rings is 1. The molecule has 1 aromatic carbocycles. The van der Waals surface area contributed by atoms with Crippen molar-refractivity contribution in [3.05, 3.63) is 73.7 Å². The van der Waals surface area contributed by atoms with Crippen molar-refractivity contribution in [2.24, 2.45) is 0 Å². The molecule has 0 amide bonds. The van der Waals surface area contributed by atoms with Crippen molar-refractivity contribution in [3.8, 4) is 11.1 Å². The first kappa shape index (κ1) is 17.1. The van der Waals surface area contributed by atoms with Crippen molar-refractivity contribution in [1.29, 1.82) is 0 Å². The van der Waals surface area contributed by atoms with Crippen molar-refractivity contribution in [1.82, 2.24) is 14.1 Å². The molecule has 7 heteroatoms. The summed E-state index contributed by atoms with van der Waals surface area (Å²) < 4.78 is 19.8. The number of hydrogen-bond acceptors (Lipinski definition) is 4. The fourth-order valence-electron chi connectivity index (χ4n) is 4.46. The van der Waals surface area contributed by atoms with Crippen LogP contribution in [0, 0.1) is 5.82 Å². The Morgan fingerprint density at radius 3 is 2.83 bits per heavy atom. The normalized spacial score (nSPS) is 16.4. The highest BCUT2D eigenvalue weighted by atomic mass is 32.1. The first-order valence-corrected chi connectivity index (χ1v) is 10.7. The number of halogens is 1. The molecular formula is C22H18FN3O2S. The van der Waals surface area contributed by atoms with E-state index in [9.17, 15) is 9.59 Å². The number of hydrogen-bond donors (Lipinski definition) is 2. The second kappa shape index (κ2) is 6.11. The number of H-pyrrole nitrogens is 1. The first-order valence-electron chi connectivity index (χ1n) is 9.83. The Kier molecular flexibility index (Phi) is 3.61. The lowest BCUT2D eigenvalue weighted by atomic mass is 9.95. The number of pyridine rings is 2. The van der Waals surface area contributed by atoms with E-state index >= 15 is 4.39 Å². The Bertz CT molecular complexity index is 1430. The zero-order chi connectivity index (χ0) is 19.7. The lowest BCUT2D eigenvalue weighted by Crippen LogP contribution is -2.23. The number of nitrogens with zero attached hydrogens (tertiary/aromatic N) is 1. The number of fused-ring (bicyclic) bond motifs is 3. The molecule has 0 unspecified atom stereocenters. The number of aromatic amines is 1. The van der Waals surface area contributed by atoms with Crippen molar-refractivity contribution in [2.75, 3.05) is 6.54 Å². The van der Waals surface area contributed by atoms with Gasteiger partial charge in [0.25, 0.3) is 11.1 Å². The van der Waals surface area contributed by atoms with Gasteiger partial charge < -0.3 is 5.32 Å². The minimum atomic E-state index is -0.462. The van der Waals surface area contributed by atoms with Crippen LogP contribution in [0.5, 0.6) is 0 Å². The molecular weight excluding hydrogens is 389 g/mol. The number of aromatic nitrogens is 2. The van der Waals surface area contributed by atoms with Crippen LogP contribution in [0.2, 0.25) is 0 Å². The van der Waals surface area contributed by atoms with Crippen LogP contribution in [0.25, 0.3) is 26.7 Å². The summed E-state index contributed by atoms with van der Waals surface area (Å²) in [5.41, 5.74) is 4.62. The molecule has 0 saturated heterocycles. The Morgan fingerprint density at radius 1 is 1.14 bits per heavy atom. The highest BCUT2D eigenvalue weighted by molar-refractivity contribution is 7.13. The van der Waals surface area contributed by atoms with Gasteiger partial charge in [0.05, 0.1) is 10.2 Å². The molecule has 6 rings (SSSR count). The van der Waals surface area contributed by atoms with Gasteiger partial charge in [0.1, 0.15) is 11.2 Å². The standard InChI is InChI=1S/C22H18FN3O2S/c23-16-10-26-17(8-15(16)13-4-1-11-5-6-24-9-14(11)7-13)18(12-2-3-12)20-19(22(26)28)21(27)25-29-20/h1,4,7-8,10,12,24H,2-3,5-6,9H2,(H,25,27). The summed E-state index contributed by atoms with van der Waals surface area (Å²) in [6.07, 6.45) is 4.26. The van der Waals surface area contributed by atoms with E-state index in [4.69, 9.17) is 0 Å². The molecule has 1 saturated carbocycles. The average Bonchev–Trinajstić information content (AvgIpc) is 3.50. The molecule has 0 bridgehead atoms. The molecule has 1 fully saturated rings. The van der Waals surface area contributed by atoms with E-state index in [1.807, 2.05) is 12.1 Å². The van der Waals surface area contributed by atoms with Gasteiger partial charge in [-0.25, -0.2) is 4.39 Å². The van der Waals surface area contributed by atoms with E-state index in [1.54, 1.807) is 6.07 Å². The van der Waals surface area contributed by atoms with Gasteiger partial charge in [-0.1, -0.05) is 23.7 Å². The molecule has 2 N–H and O–H groups in total. The van der Waals surface area contributed by atoms with Crippen molar-refractivity contribution < 1.29 is 4.39 Å². The first-order chi connectivity index (χ1) is 14.1. The van der Waals surface area contributed by atoms with Crippen LogP contribution in [0.4, 0.5) is 4.39 Å². The van der Waals surface area contributed by atoms with E-state index in [0.29, 0.717) is 17.0 Å². The molecule has 4 heterocycles. The average molecular weight is 407 g/mol. The van der Waals surface area contributed by atoms with Crippen molar-refractivity contribution in [2.45, 2.75) is 31.7 Å². The zero-order valence-electron chi connectivity index (χ0n) is 15.5. The van der Waals surface area contributed by atoms with E-state index < -0.39 is 16.9 Å². The van der Waals surface area contributed by atoms with Crippen LogP contribution < -0.4 is 16.4 Å². The van der Waals surface area contributed by atoms with Gasteiger partial charge in [-0.05, 0) is 66.1 Å². The maximum Gasteiger partial charge on any atom is 0.271 e. The lowest BCUT2D eigenvalue weighted by Gasteiger charge is -2.18. The van der Waals surface area contributed by atoms with Crippen LogP contribution in [0.1, 0.15) is 35.4 Å². The van der Waals surface area contributed by atoms with Gasteiger partial charge in [-0.15, -0.1) is 0 Å². The molecule has 5 nitrogen and oxygen atoms in total. The minimum absolute atomic E-state index is 0.140. The van der Waals surface area contributed by atoms with Crippen molar-refractivity contribution in [3.63, 3.8) is 0 Å². The second-order valence-corrected chi connectivity index (χ2v) is 8.75. The van der Waals surface area contributed by atoms with Crippen LogP contribution in [0.15, 0.2) is 40.1 Å². The second-order valence-electron chi connectivity index (χ2n) is 7.93. The van der Waals surface area contributed by atoms with Crippen molar-refractivity contribution >= 4 is 27.1 Å². The predicted molar refractivity (Wildman–Crippen MR) is 112 cm³/mol. The fraction of sp³-hybridized carbons (Fsp3) is 0.273. The number of nitrogens with one attached hydrogen (secondary N) is 2. The molecule has 1 aliphatic heterocycles. The summed E-state index contributed by atoms with van der Waals surface area (Å²) in [6, 6.07) is 7.86. The Balaban J connectivity index is 1.66. The topological polar surface area (TPSA) is 66.4 Å². The summed E-state index contributed by atoms with van der Waals surface area (Å²) >= 11 is 1.21. The molecule has 2 aliphatic rings. The smallest absolute Gasteiger partial charge is 0.271 e. The SMILES string of the molecule is O=c1[nH]sc2c(C3CC3)c3cc(-c4ccc5c(c4)CNCC5)c(F)cn3c(=O)c12. The summed E-state index contributed by atoms with van der Waals surface area (Å²) in [6.45, 7) is 1.74. The quantitative estimate of drug-likeness (QED) is 0.534. The van der Waals surface area contributed by atoms with Gasteiger partial charge >= 0.3 is 0 Å². The Hall–Kier alpha value is -2.77. The van der Waals surface area contributed by atoms with Crippen LogP contribution in [-0.2, 0) is 13.0 Å². The highest BCUT2D eigenvalue weighted by Crippen LogP contribution is 2.45. The summed E-state index contributed by atoms with van der Waals surface area (Å²) in [5.74, 6) is -0.151. The van der Waals surface area contributed by atoms with Gasteiger partial charge in [-0.2, -0.15) is 0 Å². The molecule has 3 aromatic heterocycles. The van der Waals surface area contributed by atoms with Crippen LogP contribution in [-0.4, -0.2) is 15.3 Å². The van der Waals surface area contributed by atoms with E-state index in [1.165, 1.54) is 33.3 Å². The molecule has 29 heavy (non-hydrogen) atoms. The van der Waals surface area contributed by atoms with Gasteiger partial charge in [0.2, 0.25) is 0 Å². The molecule has 1 aliphatic carbocycles. The van der Waals surface area contributed by atoms with E-state index in [-0.39, 0.29) is 5.39 Å². The highest BCUT2D eigenvalue weighted by Gasteiger charge is 2.31. The Morgan fingerprint density at radius 2 is 2.00 bits per heavy atom. The minimum Gasteiger partial charge on any atom is -0.312 e. The van der Waals surface area contributed by atoms with Gasteiger partial charge in [0, 0.05) is 18.3 Å². The molecule has 4 aromatic rings. The van der Waals surface area contributed by atoms with Crippen LogP contribution >= 0.6 is 11.5 Å². The summed E-state index contributed by atoms with van der Waals surface area (Å²) in [4.78, 5) is 25.1. The fourth-order valence-corrected chi connectivity index (χ4v) is 5.42. The predicted octanol–water partition coefficient (Wildman–Crippen LogP) is 3.53. The third-order valence-electron chi connectivity index (χ3n) is 6.08. The third kappa shape index (κ3) is 2.54. The largest absolute Gasteiger partial charge is 0.312 e. The monoisotopic (exact) mass is 407 g/mol. The molecule has 0 atom stereocenters. The maximum absolute atomic E-state index is 15.1. The maximum atomic E-state index is 15.1. The zero-order valence-corrected chi connectivity index (χ0v) is 16.4. The van der Waals surface area contributed by atoms with Gasteiger partial charge in [0.15, 0.2) is 0 Å². The molecule has 146 valence electrons. The van der Waals surface area contributed by atoms with E-state index in [0.717, 1.165) is 48.2 Å². The molecule has 0 spiro atoms. The lowest BCUT2D eigenvalue weighted by molar-refractivity contribution is 0.621. The number of rotatable bonds is 2. The van der Waals surface area contributed by atoms with Crippen LogP contribution in [0.3, 0.4) is 0 Å². The Labute approximate surface area is 169 Å². The van der Waals surface area contributed by atoms with Gasteiger partial charge in [-0.3, -0.25) is 18.4 Å². The van der Waals surface area contributed by atoms with E-state index in [2.05, 4.69) is 15.8 Å². The third-order valence-corrected chi connectivity index (χ3v) is 7.00. The summed E-state index contributed by atoms with van der Waals surface area (Å²) in [5, 5.41) is 3.50. The summed E-state index contributed by atoms with van der Waals surface area (Å²) in [7, 11) is 0.